The molecule has 0 radical (unpaired) electrons. The van der Waals surface area contributed by atoms with Gasteiger partial charge in [-0.2, -0.15) is 0 Å². The molecule has 1 atom stereocenters. The number of rotatable bonds is 5. The number of nitrogens with one attached hydrogen (secondary N) is 1. The van der Waals surface area contributed by atoms with Crippen LogP contribution in [0.5, 0.6) is 0 Å². The van der Waals surface area contributed by atoms with E-state index in [9.17, 15) is 9.59 Å². The molecular weight excluding hydrogens is 446 g/mol. The lowest BCUT2D eigenvalue weighted by molar-refractivity contribution is -0.115. The van der Waals surface area contributed by atoms with E-state index in [2.05, 4.69) is 15.5 Å². The van der Waals surface area contributed by atoms with Gasteiger partial charge in [-0.3, -0.25) is 14.0 Å². The maximum atomic E-state index is 13.4. The van der Waals surface area contributed by atoms with Crippen molar-refractivity contribution in [3.05, 3.63) is 94.3 Å². The van der Waals surface area contributed by atoms with E-state index in [1.807, 2.05) is 91.9 Å². The Balaban J connectivity index is 1.58. The summed E-state index contributed by atoms with van der Waals surface area (Å²) in [5.41, 5.74) is 4.16. The van der Waals surface area contributed by atoms with Crippen molar-refractivity contribution in [1.82, 2.24) is 19.2 Å². The molecule has 170 valence electrons. The van der Waals surface area contributed by atoms with Crippen LogP contribution in [0.25, 0.3) is 22.4 Å². The fourth-order valence-electron chi connectivity index (χ4n) is 3.86. The van der Waals surface area contributed by atoms with Gasteiger partial charge in [0.1, 0.15) is 0 Å². The van der Waals surface area contributed by atoms with Gasteiger partial charge in [0.05, 0.1) is 21.8 Å². The Morgan fingerprint density at radius 3 is 2.47 bits per heavy atom. The molecule has 34 heavy (non-hydrogen) atoms. The molecule has 1 N–H and O–H groups in total. The van der Waals surface area contributed by atoms with Gasteiger partial charge in [0.2, 0.25) is 11.7 Å². The van der Waals surface area contributed by atoms with Crippen molar-refractivity contribution in [2.75, 3.05) is 5.32 Å². The molecule has 1 unspecified atom stereocenters. The second-order valence-electron chi connectivity index (χ2n) is 8.23. The van der Waals surface area contributed by atoms with Crippen LogP contribution in [0.15, 0.2) is 82.7 Å². The number of nitrogens with zero attached hydrogens (tertiary/aromatic N) is 4. The van der Waals surface area contributed by atoms with E-state index < -0.39 is 5.25 Å². The molecular formula is C26H23N5O2S. The smallest absolute Gasteiger partial charge is 0.267 e. The highest BCUT2D eigenvalue weighted by Crippen LogP contribution is 2.27. The average Bonchev–Trinajstić information content (AvgIpc) is 3.23. The SMILES string of the molecule is Cc1ccc(-n2c(=O)c3ccccc3n3c(SC(C)C(=O)Nc4cccc(C)c4)nnc23)cc1. The van der Waals surface area contributed by atoms with Gasteiger partial charge < -0.3 is 5.32 Å². The van der Waals surface area contributed by atoms with Gasteiger partial charge in [-0.05, 0) is 62.7 Å². The van der Waals surface area contributed by atoms with Gasteiger partial charge in [-0.15, -0.1) is 10.2 Å². The fourth-order valence-corrected chi connectivity index (χ4v) is 4.72. The van der Waals surface area contributed by atoms with E-state index in [1.54, 1.807) is 10.6 Å². The van der Waals surface area contributed by atoms with E-state index in [-0.39, 0.29) is 11.5 Å². The lowest BCUT2D eigenvalue weighted by Crippen LogP contribution is -2.23. The first kappa shape index (κ1) is 21.9. The van der Waals surface area contributed by atoms with E-state index in [0.29, 0.717) is 27.5 Å². The monoisotopic (exact) mass is 469 g/mol. The number of anilines is 1. The standard InChI is InChI=1S/C26H23N5O2S/c1-16-11-13-20(14-12-16)30-24(33)21-9-4-5-10-22(21)31-25(30)28-29-26(31)34-18(3)23(32)27-19-8-6-7-17(2)15-19/h4-15,18H,1-3H3,(H,27,32). The van der Waals surface area contributed by atoms with Crippen LogP contribution in [-0.4, -0.2) is 30.3 Å². The van der Waals surface area contributed by atoms with Crippen LogP contribution in [0.2, 0.25) is 0 Å². The molecule has 0 saturated heterocycles. The lowest BCUT2D eigenvalue weighted by atomic mass is 10.2. The van der Waals surface area contributed by atoms with Crippen molar-refractivity contribution in [3.63, 3.8) is 0 Å². The maximum Gasteiger partial charge on any atom is 0.267 e. The minimum absolute atomic E-state index is 0.136. The third kappa shape index (κ3) is 3.97. The second kappa shape index (κ2) is 8.79. The summed E-state index contributed by atoms with van der Waals surface area (Å²) in [5.74, 6) is 0.268. The van der Waals surface area contributed by atoms with Crippen LogP contribution in [0.4, 0.5) is 5.69 Å². The number of amides is 1. The normalized spacial score (nSPS) is 12.2. The lowest BCUT2D eigenvalue weighted by Gasteiger charge is -2.13. The molecule has 5 rings (SSSR count). The number of para-hydroxylation sites is 1. The molecule has 0 aliphatic heterocycles. The number of benzene rings is 3. The molecule has 0 fully saturated rings. The zero-order chi connectivity index (χ0) is 23.8. The molecule has 8 heteroatoms. The van der Waals surface area contributed by atoms with Crippen molar-refractivity contribution >= 4 is 40.0 Å². The van der Waals surface area contributed by atoms with Crippen molar-refractivity contribution in [2.45, 2.75) is 31.2 Å². The Morgan fingerprint density at radius 1 is 0.941 bits per heavy atom. The number of aromatic nitrogens is 4. The summed E-state index contributed by atoms with van der Waals surface area (Å²) in [7, 11) is 0. The van der Waals surface area contributed by atoms with E-state index in [4.69, 9.17) is 0 Å². The summed E-state index contributed by atoms with van der Waals surface area (Å²) < 4.78 is 3.41. The average molecular weight is 470 g/mol. The predicted molar refractivity (Wildman–Crippen MR) is 136 cm³/mol. The van der Waals surface area contributed by atoms with Gasteiger partial charge in [-0.25, -0.2) is 4.57 Å². The molecule has 0 saturated carbocycles. The number of carbonyl (C=O) groups is 1. The highest BCUT2D eigenvalue weighted by atomic mass is 32.2. The summed E-state index contributed by atoms with van der Waals surface area (Å²) >= 11 is 1.30. The molecule has 0 aliphatic rings. The quantitative estimate of drug-likeness (QED) is 0.375. The Bertz CT molecular complexity index is 1590. The van der Waals surface area contributed by atoms with Crippen molar-refractivity contribution < 1.29 is 4.79 Å². The first-order chi connectivity index (χ1) is 16.4. The maximum absolute atomic E-state index is 13.4. The number of fused-ring (bicyclic) bond motifs is 3. The third-order valence-electron chi connectivity index (χ3n) is 5.62. The fraction of sp³-hybridized carbons (Fsp3) is 0.154. The zero-order valence-electron chi connectivity index (χ0n) is 19.0. The number of thioether (sulfide) groups is 1. The first-order valence-corrected chi connectivity index (χ1v) is 11.8. The highest BCUT2D eigenvalue weighted by molar-refractivity contribution is 8.00. The molecule has 0 bridgehead atoms. The van der Waals surface area contributed by atoms with Crippen LogP contribution in [-0.2, 0) is 4.79 Å². The molecule has 2 aromatic heterocycles. The molecule has 3 aromatic carbocycles. The van der Waals surface area contributed by atoms with Crippen LogP contribution in [0.1, 0.15) is 18.1 Å². The largest absolute Gasteiger partial charge is 0.325 e. The molecule has 0 aliphatic carbocycles. The summed E-state index contributed by atoms with van der Waals surface area (Å²) in [4.78, 5) is 26.3. The summed E-state index contributed by atoms with van der Waals surface area (Å²) in [5, 5.41) is 12.3. The molecule has 5 aromatic rings. The zero-order valence-corrected chi connectivity index (χ0v) is 19.8. The number of hydrogen-bond acceptors (Lipinski definition) is 5. The first-order valence-electron chi connectivity index (χ1n) is 10.9. The number of carbonyl (C=O) groups excluding carboxylic acids is 1. The van der Waals surface area contributed by atoms with Crippen LogP contribution in [0, 0.1) is 13.8 Å². The Labute approximate surface area is 200 Å². The minimum Gasteiger partial charge on any atom is -0.325 e. The van der Waals surface area contributed by atoms with E-state index in [0.717, 1.165) is 16.8 Å². The van der Waals surface area contributed by atoms with Crippen molar-refractivity contribution in [2.24, 2.45) is 0 Å². The van der Waals surface area contributed by atoms with E-state index in [1.165, 1.54) is 11.8 Å². The van der Waals surface area contributed by atoms with Crippen LogP contribution < -0.4 is 10.9 Å². The predicted octanol–water partition coefficient (Wildman–Crippen LogP) is 4.77. The van der Waals surface area contributed by atoms with Crippen molar-refractivity contribution in [1.29, 1.82) is 0 Å². The Kier molecular flexibility index (Phi) is 5.67. The summed E-state index contributed by atoms with van der Waals surface area (Å²) in [6, 6.07) is 22.8. The number of hydrogen-bond donors (Lipinski definition) is 1. The molecule has 7 nitrogen and oxygen atoms in total. The van der Waals surface area contributed by atoms with Gasteiger partial charge in [0.25, 0.3) is 5.56 Å². The van der Waals surface area contributed by atoms with Gasteiger partial charge in [0, 0.05) is 5.69 Å². The summed E-state index contributed by atoms with van der Waals surface area (Å²) in [6.07, 6.45) is 0. The minimum atomic E-state index is -0.438. The van der Waals surface area contributed by atoms with Crippen molar-refractivity contribution in [3.8, 4) is 5.69 Å². The third-order valence-corrected chi connectivity index (χ3v) is 6.67. The number of aryl methyl sites for hydroxylation is 2. The second-order valence-corrected chi connectivity index (χ2v) is 9.54. The van der Waals surface area contributed by atoms with Crippen LogP contribution in [0.3, 0.4) is 0 Å². The highest BCUT2D eigenvalue weighted by Gasteiger charge is 2.22. The van der Waals surface area contributed by atoms with Gasteiger partial charge >= 0.3 is 0 Å². The van der Waals surface area contributed by atoms with Crippen LogP contribution >= 0.6 is 11.8 Å². The molecule has 2 heterocycles. The topological polar surface area (TPSA) is 81.3 Å². The Hall–Kier alpha value is -3.91. The summed E-state index contributed by atoms with van der Waals surface area (Å²) in [6.45, 7) is 5.81. The van der Waals surface area contributed by atoms with Gasteiger partial charge in [0.15, 0.2) is 5.16 Å². The Morgan fingerprint density at radius 2 is 1.71 bits per heavy atom. The van der Waals surface area contributed by atoms with E-state index >= 15 is 0 Å². The molecule has 1 amide bonds. The molecule has 0 spiro atoms. The van der Waals surface area contributed by atoms with Gasteiger partial charge in [-0.1, -0.05) is 53.7 Å².